The van der Waals surface area contributed by atoms with Crippen molar-refractivity contribution in [3.8, 4) is 0 Å². The van der Waals surface area contributed by atoms with Crippen LogP contribution >= 0.6 is 11.6 Å². The van der Waals surface area contributed by atoms with Gasteiger partial charge < -0.3 is 4.55 Å². The van der Waals surface area contributed by atoms with E-state index in [1.54, 1.807) is 6.26 Å². The van der Waals surface area contributed by atoms with Gasteiger partial charge in [-0.1, -0.05) is 48.8 Å². The highest BCUT2D eigenvalue weighted by molar-refractivity contribution is 7.90. The molecule has 0 saturated heterocycles. The van der Waals surface area contributed by atoms with Crippen LogP contribution in [0.25, 0.3) is 10.8 Å². The van der Waals surface area contributed by atoms with Crippen molar-refractivity contribution >= 4 is 33.5 Å². The molecule has 0 radical (unpaired) electrons. The summed E-state index contributed by atoms with van der Waals surface area (Å²) < 4.78 is 11.3. The van der Waals surface area contributed by atoms with Gasteiger partial charge in [-0.25, -0.2) is 4.98 Å². The SMILES string of the molecule is CC(C)c1ccc(C2CC(C[S+](C)[O-])C2)c2cnc(Cl)cc12. The van der Waals surface area contributed by atoms with Gasteiger partial charge in [0.2, 0.25) is 0 Å². The zero-order valence-corrected chi connectivity index (χ0v) is 14.9. The van der Waals surface area contributed by atoms with E-state index in [1.165, 1.54) is 21.9 Å². The van der Waals surface area contributed by atoms with E-state index in [-0.39, 0.29) is 0 Å². The van der Waals surface area contributed by atoms with Crippen molar-refractivity contribution in [3.63, 3.8) is 0 Å². The van der Waals surface area contributed by atoms with Crippen LogP contribution in [-0.2, 0) is 11.2 Å². The first-order chi connectivity index (χ1) is 10.5. The summed E-state index contributed by atoms with van der Waals surface area (Å²) in [7, 11) is 0. The first-order valence-corrected chi connectivity index (χ1v) is 9.94. The Bertz CT molecular complexity index is 680. The van der Waals surface area contributed by atoms with Crippen LogP contribution in [0.5, 0.6) is 0 Å². The van der Waals surface area contributed by atoms with Crippen LogP contribution in [0, 0.1) is 5.92 Å². The molecule has 1 atom stereocenters. The molecule has 1 unspecified atom stereocenters. The fourth-order valence-electron chi connectivity index (χ4n) is 3.57. The molecule has 2 aromatic rings. The van der Waals surface area contributed by atoms with Crippen LogP contribution in [0.3, 0.4) is 0 Å². The molecular weight excluding hydrogens is 314 g/mol. The number of hydrogen-bond acceptors (Lipinski definition) is 2. The Morgan fingerprint density at radius 3 is 2.68 bits per heavy atom. The Labute approximate surface area is 140 Å². The summed E-state index contributed by atoms with van der Waals surface area (Å²) >= 11 is 5.43. The van der Waals surface area contributed by atoms with Crippen LogP contribution < -0.4 is 0 Å². The predicted molar refractivity (Wildman–Crippen MR) is 95.2 cm³/mol. The zero-order chi connectivity index (χ0) is 15.9. The Balaban J connectivity index is 1.94. The number of rotatable bonds is 4. The van der Waals surface area contributed by atoms with Crippen molar-refractivity contribution in [2.24, 2.45) is 5.92 Å². The third-order valence-electron chi connectivity index (χ3n) is 4.70. The lowest BCUT2D eigenvalue weighted by molar-refractivity contribution is 0.292. The number of halogens is 1. The van der Waals surface area contributed by atoms with Crippen molar-refractivity contribution in [2.45, 2.75) is 38.5 Å². The monoisotopic (exact) mass is 335 g/mol. The highest BCUT2D eigenvalue weighted by atomic mass is 35.5. The Morgan fingerprint density at radius 2 is 2.05 bits per heavy atom. The average molecular weight is 336 g/mol. The second kappa shape index (κ2) is 6.38. The van der Waals surface area contributed by atoms with Gasteiger partial charge in [0.05, 0.1) is 6.26 Å². The van der Waals surface area contributed by atoms with Gasteiger partial charge in [-0.3, -0.25) is 0 Å². The first-order valence-electron chi connectivity index (χ1n) is 7.83. The molecule has 3 rings (SSSR count). The summed E-state index contributed by atoms with van der Waals surface area (Å²) in [5.41, 5.74) is 2.70. The Morgan fingerprint density at radius 1 is 1.32 bits per heavy atom. The minimum absolute atomic E-state index is 0.465. The lowest BCUT2D eigenvalue weighted by Crippen LogP contribution is -2.28. The maximum Gasteiger partial charge on any atom is 0.129 e. The third kappa shape index (κ3) is 3.12. The third-order valence-corrected chi connectivity index (χ3v) is 5.85. The quantitative estimate of drug-likeness (QED) is 0.589. The second-order valence-corrected chi connectivity index (χ2v) is 8.59. The summed E-state index contributed by atoms with van der Waals surface area (Å²) in [6.07, 6.45) is 5.99. The number of fused-ring (bicyclic) bond motifs is 1. The molecule has 0 amide bonds. The number of nitrogens with zero attached hydrogens (tertiary/aromatic N) is 1. The van der Waals surface area contributed by atoms with Crippen molar-refractivity contribution in [2.75, 3.05) is 12.0 Å². The van der Waals surface area contributed by atoms with E-state index >= 15 is 0 Å². The molecule has 1 fully saturated rings. The van der Waals surface area contributed by atoms with Gasteiger partial charge in [0.15, 0.2) is 0 Å². The standard InChI is InChI=1S/C18H22ClNOS/c1-11(2)14-4-5-15(13-6-12(7-13)10-22(3)21)17-9-20-18(19)8-16(14)17/h4-5,8-9,11-13H,6-7,10H2,1-3H3. The molecule has 0 aliphatic heterocycles. The van der Waals surface area contributed by atoms with E-state index in [1.807, 2.05) is 12.3 Å². The van der Waals surface area contributed by atoms with Crippen LogP contribution in [0.2, 0.25) is 5.15 Å². The van der Waals surface area contributed by atoms with Crippen molar-refractivity contribution in [3.05, 3.63) is 40.7 Å². The summed E-state index contributed by atoms with van der Waals surface area (Å²) in [6.45, 7) is 4.41. The van der Waals surface area contributed by atoms with E-state index in [9.17, 15) is 4.55 Å². The minimum atomic E-state index is -0.685. The molecule has 0 spiro atoms. The number of aromatic nitrogens is 1. The van der Waals surface area contributed by atoms with Gasteiger partial charge in [0, 0.05) is 17.5 Å². The molecule has 0 bridgehead atoms. The van der Waals surface area contributed by atoms with Crippen molar-refractivity contribution < 1.29 is 4.55 Å². The molecule has 1 aliphatic carbocycles. The van der Waals surface area contributed by atoms with E-state index in [0.29, 0.717) is 22.9 Å². The number of benzene rings is 1. The van der Waals surface area contributed by atoms with E-state index < -0.39 is 11.2 Å². The Kier molecular flexibility index (Phi) is 4.67. The lowest BCUT2D eigenvalue weighted by atomic mass is 9.71. The molecule has 118 valence electrons. The van der Waals surface area contributed by atoms with Crippen LogP contribution in [0.15, 0.2) is 24.4 Å². The smallest absolute Gasteiger partial charge is 0.129 e. The average Bonchev–Trinajstić information content (AvgIpc) is 2.40. The molecule has 1 heterocycles. The van der Waals surface area contributed by atoms with E-state index in [4.69, 9.17) is 11.6 Å². The zero-order valence-electron chi connectivity index (χ0n) is 13.3. The van der Waals surface area contributed by atoms with Crippen LogP contribution in [-0.4, -0.2) is 21.5 Å². The maximum atomic E-state index is 11.3. The molecular formula is C18H22ClNOS. The normalized spacial score (nSPS) is 22.8. The van der Waals surface area contributed by atoms with Gasteiger partial charge in [-0.05, 0) is 47.3 Å². The molecule has 2 nitrogen and oxygen atoms in total. The summed E-state index contributed by atoms with van der Waals surface area (Å²) in [6, 6.07) is 6.49. The fourth-order valence-corrected chi connectivity index (χ4v) is 4.67. The largest absolute Gasteiger partial charge is 0.617 e. The lowest BCUT2D eigenvalue weighted by Gasteiger charge is -2.36. The van der Waals surface area contributed by atoms with Gasteiger partial charge in [-0.15, -0.1) is 0 Å². The summed E-state index contributed by atoms with van der Waals surface area (Å²) in [5.74, 6) is 2.48. The van der Waals surface area contributed by atoms with Gasteiger partial charge in [0.25, 0.3) is 0 Å². The Hall–Kier alpha value is -0.770. The summed E-state index contributed by atoms with van der Waals surface area (Å²) in [4.78, 5) is 4.29. The molecule has 1 aromatic heterocycles. The maximum absolute atomic E-state index is 11.3. The predicted octanol–water partition coefficient (Wildman–Crippen LogP) is 4.88. The van der Waals surface area contributed by atoms with Crippen LogP contribution in [0.1, 0.15) is 49.7 Å². The molecule has 1 aliphatic rings. The van der Waals surface area contributed by atoms with E-state index in [0.717, 1.165) is 18.6 Å². The molecule has 1 saturated carbocycles. The fraction of sp³-hybridized carbons (Fsp3) is 0.500. The topological polar surface area (TPSA) is 36.0 Å². The van der Waals surface area contributed by atoms with Crippen LogP contribution in [0.4, 0.5) is 0 Å². The number of pyridine rings is 1. The van der Waals surface area contributed by atoms with Crippen molar-refractivity contribution in [1.29, 1.82) is 0 Å². The summed E-state index contributed by atoms with van der Waals surface area (Å²) in [5, 5.41) is 3.02. The van der Waals surface area contributed by atoms with E-state index in [2.05, 4.69) is 31.0 Å². The molecule has 1 aromatic carbocycles. The molecule has 22 heavy (non-hydrogen) atoms. The highest BCUT2D eigenvalue weighted by Gasteiger charge is 2.33. The highest BCUT2D eigenvalue weighted by Crippen LogP contribution is 2.45. The minimum Gasteiger partial charge on any atom is -0.617 e. The number of hydrogen-bond donors (Lipinski definition) is 0. The van der Waals surface area contributed by atoms with Gasteiger partial charge in [-0.2, -0.15) is 0 Å². The first kappa shape index (κ1) is 16.1. The molecule has 0 N–H and O–H groups in total. The van der Waals surface area contributed by atoms with Gasteiger partial charge >= 0.3 is 0 Å². The molecule has 4 heteroatoms. The second-order valence-electron chi connectivity index (χ2n) is 6.73. The van der Waals surface area contributed by atoms with Gasteiger partial charge in [0.1, 0.15) is 10.9 Å². The van der Waals surface area contributed by atoms with Crippen molar-refractivity contribution in [1.82, 2.24) is 4.98 Å².